The lowest BCUT2D eigenvalue weighted by Gasteiger charge is -2.27. The molecule has 3 rings (SSSR count). The van der Waals surface area contributed by atoms with Gasteiger partial charge in [-0.15, -0.1) is 11.8 Å². The van der Waals surface area contributed by atoms with E-state index in [1.807, 2.05) is 0 Å². The van der Waals surface area contributed by atoms with Crippen LogP contribution < -0.4 is 5.32 Å². The highest BCUT2D eigenvalue weighted by Crippen LogP contribution is 2.37. The van der Waals surface area contributed by atoms with E-state index >= 15 is 0 Å². The fourth-order valence-electron chi connectivity index (χ4n) is 2.60. The van der Waals surface area contributed by atoms with Crippen molar-refractivity contribution < 1.29 is 14.3 Å². The number of hydrogen-bond acceptors (Lipinski definition) is 3. The molecule has 2 aromatic rings. The average Bonchev–Trinajstić information content (AvgIpc) is 2.57. The molecule has 2 aromatic carbocycles. The number of rotatable bonds is 3. The summed E-state index contributed by atoms with van der Waals surface area (Å²) in [5.74, 6) is -0.0899. The summed E-state index contributed by atoms with van der Waals surface area (Å²) >= 11 is 13.4. The second-order valence-electron chi connectivity index (χ2n) is 5.46. The fraction of sp³-hybridized carbons (Fsp3) is 0.235. The van der Waals surface area contributed by atoms with Crippen LogP contribution in [0.1, 0.15) is 29.7 Å². The zero-order chi connectivity index (χ0) is 17.3. The van der Waals surface area contributed by atoms with E-state index in [-0.39, 0.29) is 16.9 Å². The van der Waals surface area contributed by atoms with Crippen LogP contribution in [0.25, 0.3) is 0 Å². The first-order valence-corrected chi connectivity index (χ1v) is 9.05. The number of thioether (sulfide) groups is 1. The molecule has 2 unspecified atom stereocenters. The molecule has 0 radical (unpaired) electrons. The zero-order valence-electron chi connectivity index (χ0n) is 12.4. The number of benzene rings is 2. The van der Waals surface area contributed by atoms with Crippen LogP contribution in [0.4, 0.5) is 4.39 Å². The summed E-state index contributed by atoms with van der Waals surface area (Å²) in [5, 5.41) is 13.6. The minimum Gasteiger partial charge on any atom is -0.378 e. The van der Waals surface area contributed by atoms with Crippen LogP contribution in [0.15, 0.2) is 41.3 Å². The zero-order valence-corrected chi connectivity index (χ0v) is 14.8. The quantitative estimate of drug-likeness (QED) is 0.816. The molecule has 3 nitrogen and oxygen atoms in total. The Morgan fingerprint density at radius 3 is 2.79 bits per heavy atom. The maximum Gasteiger partial charge on any atom is 0.253 e. The molecule has 2 N–H and O–H groups in total. The number of carbonyl (C=O) groups excluding carboxylic acids is 1. The van der Waals surface area contributed by atoms with E-state index in [4.69, 9.17) is 23.2 Å². The highest BCUT2D eigenvalue weighted by molar-refractivity contribution is 7.99. The number of nitrogens with one attached hydrogen (secondary N) is 1. The van der Waals surface area contributed by atoms with Crippen molar-refractivity contribution in [2.75, 3.05) is 5.75 Å². The molecule has 0 saturated heterocycles. The van der Waals surface area contributed by atoms with Gasteiger partial charge in [0.05, 0.1) is 16.1 Å². The van der Waals surface area contributed by atoms with Crippen LogP contribution in [0.2, 0.25) is 10.0 Å². The van der Waals surface area contributed by atoms with Gasteiger partial charge in [-0.05, 0) is 47.9 Å². The van der Waals surface area contributed by atoms with E-state index in [9.17, 15) is 14.3 Å². The van der Waals surface area contributed by atoms with E-state index < -0.39 is 12.0 Å². The third kappa shape index (κ3) is 3.70. The minimum atomic E-state index is -1.37. The Morgan fingerprint density at radius 1 is 1.25 bits per heavy atom. The lowest BCUT2D eigenvalue weighted by molar-refractivity contribution is -0.130. The number of aliphatic hydroxyl groups excluding tert-OH is 1. The van der Waals surface area contributed by atoms with Crippen molar-refractivity contribution in [1.82, 2.24) is 5.32 Å². The third-order valence-electron chi connectivity index (χ3n) is 3.84. The molecule has 7 heteroatoms. The maximum absolute atomic E-state index is 13.5. The summed E-state index contributed by atoms with van der Waals surface area (Å²) < 4.78 is 13.5. The van der Waals surface area contributed by atoms with Crippen molar-refractivity contribution in [1.29, 1.82) is 0 Å². The molecule has 0 aliphatic carbocycles. The van der Waals surface area contributed by atoms with E-state index in [0.717, 1.165) is 16.2 Å². The first-order chi connectivity index (χ1) is 11.5. The number of amides is 1. The molecule has 0 spiro atoms. The van der Waals surface area contributed by atoms with Gasteiger partial charge in [0, 0.05) is 10.6 Å². The van der Waals surface area contributed by atoms with Gasteiger partial charge >= 0.3 is 0 Å². The molecule has 1 heterocycles. The molecule has 0 saturated carbocycles. The van der Waals surface area contributed by atoms with Gasteiger partial charge in [0.15, 0.2) is 6.10 Å². The van der Waals surface area contributed by atoms with E-state index in [1.54, 1.807) is 23.9 Å². The molecule has 1 aliphatic heterocycles. The van der Waals surface area contributed by atoms with Gasteiger partial charge in [0.2, 0.25) is 0 Å². The van der Waals surface area contributed by atoms with Crippen molar-refractivity contribution in [3.63, 3.8) is 0 Å². The number of aliphatic hydroxyl groups is 1. The Balaban J connectivity index is 1.78. The Kier molecular flexibility index (Phi) is 5.35. The first kappa shape index (κ1) is 17.5. The molecule has 0 fully saturated rings. The third-order valence-corrected chi connectivity index (χ3v) is 5.70. The molecular weight excluding hydrogens is 372 g/mol. The van der Waals surface area contributed by atoms with Gasteiger partial charge in [0.25, 0.3) is 5.91 Å². The van der Waals surface area contributed by atoms with Gasteiger partial charge in [-0.3, -0.25) is 4.79 Å². The molecule has 1 amide bonds. The highest BCUT2D eigenvalue weighted by Gasteiger charge is 2.26. The van der Waals surface area contributed by atoms with Gasteiger partial charge in [0.1, 0.15) is 5.82 Å². The lowest BCUT2D eigenvalue weighted by atomic mass is 10.0. The number of hydrogen-bond donors (Lipinski definition) is 2. The normalized spacial score (nSPS) is 17.9. The van der Waals surface area contributed by atoms with Crippen molar-refractivity contribution in [3.05, 3.63) is 63.4 Å². The van der Waals surface area contributed by atoms with Crippen molar-refractivity contribution in [3.8, 4) is 0 Å². The van der Waals surface area contributed by atoms with Crippen LogP contribution >= 0.6 is 35.0 Å². The highest BCUT2D eigenvalue weighted by atomic mass is 35.5. The number of fused-ring (bicyclic) bond motifs is 1. The van der Waals surface area contributed by atoms with E-state index in [2.05, 4.69) is 5.32 Å². The number of carbonyl (C=O) groups is 1. The molecule has 2 atom stereocenters. The van der Waals surface area contributed by atoms with Gasteiger partial charge < -0.3 is 10.4 Å². The van der Waals surface area contributed by atoms with Gasteiger partial charge in [-0.2, -0.15) is 0 Å². The smallest absolute Gasteiger partial charge is 0.253 e. The Morgan fingerprint density at radius 2 is 2.04 bits per heavy atom. The SMILES string of the molecule is O=C(NC1CCSc2ccc(F)cc21)C(O)c1ccc(Cl)c(Cl)c1. The monoisotopic (exact) mass is 385 g/mol. The van der Waals surface area contributed by atoms with Crippen molar-refractivity contribution >= 4 is 40.9 Å². The second kappa shape index (κ2) is 7.31. The predicted octanol–water partition coefficient (Wildman–Crippen LogP) is 4.52. The Hall–Kier alpha value is -1.27. The molecule has 24 heavy (non-hydrogen) atoms. The average molecular weight is 386 g/mol. The summed E-state index contributed by atoms with van der Waals surface area (Å²) in [6, 6.07) is 8.74. The van der Waals surface area contributed by atoms with Crippen LogP contribution in [0.5, 0.6) is 0 Å². The van der Waals surface area contributed by atoms with Crippen LogP contribution in [0.3, 0.4) is 0 Å². The van der Waals surface area contributed by atoms with E-state index in [0.29, 0.717) is 17.0 Å². The minimum absolute atomic E-state index is 0.266. The predicted molar refractivity (Wildman–Crippen MR) is 94.0 cm³/mol. The summed E-state index contributed by atoms with van der Waals surface area (Å²) in [6.07, 6.45) is -0.702. The van der Waals surface area contributed by atoms with E-state index in [1.165, 1.54) is 24.3 Å². The first-order valence-electron chi connectivity index (χ1n) is 7.31. The Labute approximate surface area is 153 Å². The van der Waals surface area contributed by atoms with Crippen molar-refractivity contribution in [2.24, 2.45) is 0 Å². The largest absolute Gasteiger partial charge is 0.378 e. The summed E-state index contributed by atoms with van der Waals surface area (Å²) in [6.45, 7) is 0. The molecule has 1 aliphatic rings. The summed E-state index contributed by atoms with van der Waals surface area (Å²) in [5.41, 5.74) is 1.09. The topological polar surface area (TPSA) is 49.3 Å². The summed E-state index contributed by atoms with van der Waals surface area (Å²) in [7, 11) is 0. The fourth-order valence-corrected chi connectivity index (χ4v) is 4.01. The van der Waals surface area contributed by atoms with Gasteiger partial charge in [-0.1, -0.05) is 29.3 Å². The molecule has 0 bridgehead atoms. The van der Waals surface area contributed by atoms with Crippen LogP contribution in [0, 0.1) is 5.82 Å². The molecule has 0 aromatic heterocycles. The van der Waals surface area contributed by atoms with Crippen LogP contribution in [-0.4, -0.2) is 16.8 Å². The lowest BCUT2D eigenvalue weighted by Crippen LogP contribution is -2.34. The Bertz CT molecular complexity index is 787. The standard InChI is InChI=1S/C17H14Cl2FNO2S/c18-12-3-1-9(7-13(12)19)16(22)17(23)21-14-5-6-24-15-4-2-10(20)8-11(14)15/h1-4,7-8,14,16,22H,5-6H2,(H,21,23). The molecule has 126 valence electrons. The second-order valence-corrected chi connectivity index (χ2v) is 7.41. The van der Waals surface area contributed by atoms with Crippen LogP contribution in [-0.2, 0) is 4.79 Å². The van der Waals surface area contributed by atoms with Crippen molar-refractivity contribution in [2.45, 2.75) is 23.5 Å². The molecular formula is C17H14Cl2FNO2S. The van der Waals surface area contributed by atoms with Gasteiger partial charge in [-0.25, -0.2) is 4.39 Å². The number of halogens is 3. The maximum atomic E-state index is 13.5. The summed E-state index contributed by atoms with van der Waals surface area (Å²) in [4.78, 5) is 13.3.